The Bertz CT molecular complexity index is 387. The molecule has 1 aromatic rings. The van der Waals surface area contributed by atoms with Crippen molar-refractivity contribution < 1.29 is 9.21 Å². The molecule has 1 aromatic heterocycles. The van der Waals surface area contributed by atoms with Gasteiger partial charge >= 0.3 is 0 Å². The Morgan fingerprint density at radius 1 is 1.53 bits per heavy atom. The molecule has 17 heavy (non-hydrogen) atoms. The highest BCUT2D eigenvalue weighted by Gasteiger charge is 2.19. The van der Waals surface area contributed by atoms with Crippen LogP contribution in [0.1, 0.15) is 37.3 Å². The van der Waals surface area contributed by atoms with Crippen molar-refractivity contribution in [2.45, 2.75) is 32.7 Å². The molecule has 1 aliphatic rings. The average molecular weight is 236 g/mol. The van der Waals surface area contributed by atoms with Gasteiger partial charge in [-0.25, -0.2) is 0 Å². The highest BCUT2D eigenvalue weighted by molar-refractivity contribution is 5.78. The van der Waals surface area contributed by atoms with Gasteiger partial charge in [-0.2, -0.15) is 0 Å². The maximum absolute atomic E-state index is 11.4. The van der Waals surface area contributed by atoms with Crippen molar-refractivity contribution in [1.29, 1.82) is 0 Å². The first-order chi connectivity index (χ1) is 8.16. The number of carbonyl (C=O) groups excluding carboxylic acids is 1. The molecule has 94 valence electrons. The van der Waals surface area contributed by atoms with Gasteiger partial charge in [-0.05, 0) is 32.4 Å². The third-order valence-corrected chi connectivity index (χ3v) is 3.19. The number of nitrogens with one attached hydrogen (secondary N) is 1. The summed E-state index contributed by atoms with van der Waals surface area (Å²) in [6.07, 6.45) is 1.72. The minimum absolute atomic E-state index is 0.196. The highest BCUT2D eigenvalue weighted by Crippen LogP contribution is 2.15. The van der Waals surface area contributed by atoms with Crippen molar-refractivity contribution in [2.24, 2.45) is 0 Å². The SMILES string of the molecule is Cc1ccc([C@H](C)NCCN2CCCC2=O)o1. The Hall–Kier alpha value is -1.29. The largest absolute Gasteiger partial charge is 0.465 e. The molecule has 1 saturated heterocycles. The first-order valence-corrected chi connectivity index (χ1v) is 6.24. The van der Waals surface area contributed by atoms with Crippen LogP contribution >= 0.6 is 0 Å². The van der Waals surface area contributed by atoms with Gasteiger partial charge in [0.2, 0.25) is 5.91 Å². The zero-order valence-electron chi connectivity index (χ0n) is 10.5. The predicted molar refractivity (Wildman–Crippen MR) is 65.7 cm³/mol. The summed E-state index contributed by atoms with van der Waals surface area (Å²) in [4.78, 5) is 13.3. The van der Waals surface area contributed by atoms with E-state index in [1.165, 1.54) is 0 Å². The average Bonchev–Trinajstić information content (AvgIpc) is 2.88. The van der Waals surface area contributed by atoms with E-state index in [-0.39, 0.29) is 11.9 Å². The van der Waals surface area contributed by atoms with Crippen LogP contribution in [0, 0.1) is 6.92 Å². The molecule has 0 aliphatic carbocycles. The second-order valence-corrected chi connectivity index (χ2v) is 4.61. The zero-order valence-corrected chi connectivity index (χ0v) is 10.5. The van der Waals surface area contributed by atoms with Gasteiger partial charge in [-0.3, -0.25) is 4.79 Å². The lowest BCUT2D eigenvalue weighted by molar-refractivity contribution is -0.127. The maximum Gasteiger partial charge on any atom is 0.222 e. The van der Waals surface area contributed by atoms with Crippen LogP contribution in [0.2, 0.25) is 0 Å². The highest BCUT2D eigenvalue weighted by atomic mass is 16.3. The van der Waals surface area contributed by atoms with Gasteiger partial charge in [-0.1, -0.05) is 0 Å². The first-order valence-electron chi connectivity index (χ1n) is 6.24. The standard InChI is InChI=1S/C13H20N2O2/c1-10-5-6-12(17-10)11(2)14-7-9-15-8-3-4-13(15)16/h5-6,11,14H,3-4,7-9H2,1-2H3/t11-/m0/s1. The Labute approximate surface area is 102 Å². The number of hydrogen-bond acceptors (Lipinski definition) is 3. The molecule has 1 N–H and O–H groups in total. The van der Waals surface area contributed by atoms with E-state index in [4.69, 9.17) is 4.42 Å². The van der Waals surface area contributed by atoms with Crippen molar-refractivity contribution >= 4 is 5.91 Å². The van der Waals surface area contributed by atoms with Gasteiger partial charge < -0.3 is 14.6 Å². The zero-order chi connectivity index (χ0) is 12.3. The molecule has 2 heterocycles. The van der Waals surface area contributed by atoms with E-state index in [0.717, 1.165) is 37.6 Å². The molecule has 4 nitrogen and oxygen atoms in total. The summed E-state index contributed by atoms with van der Waals surface area (Å²) in [7, 11) is 0. The lowest BCUT2D eigenvalue weighted by Gasteiger charge is -2.17. The topological polar surface area (TPSA) is 45.5 Å². The van der Waals surface area contributed by atoms with Crippen LogP contribution in [0.5, 0.6) is 0 Å². The fourth-order valence-corrected chi connectivity index (χ4v) is 2.14. The Balaban J connectivity index is 1.73. The summed E-state index contributed by atoms with van der Waals surface area (Å²) in [6.45, 7) is 6.54. The van der Waals surface area contributed by atoms with Crippen molar-refractivity contribution in [3.05, 3.63) is 23.7 Å². The van der Waals surface area contributed by atoms with Crippen LogP contribution in [0.15, 0.2) is 16.5 Å². The van der Waals surface area contributed by atoms with Gasteiger partial charge in [-0.15, -0.1) is 0 Å². The van der Waals surface area contributed by atoms with E-state index in [9.17, 15) is 4.79 Å². The lowest BCUT2D eigenvalue weighted by Crippen LogP contribution is -2.33. The van der Waals surface area contributed by atoms with Crippen molar-refractivity contribution in [3.8, 4) is 0 Å². The van der Waals surface area contributed by atoms with Gasteiger partial charge in [0.15, 0.2) is 0 Å². The summed E-state index contributed by atoms with van der Waals surface area (Å²) in [5.74, 6) is 2.17. The molecule has 0 aromatic carbocycles. The monoisotopic (exact) mass is 236 g/mol. The molecule has 4 heteroatoms. The van der Waals surface area contributed by atoms with Crippen LogP contribution in [-0.2, 0) is 4.79 Å². The normalized spacial score (nSPS) is 17.8. The van der Waals surface area contributed by atoms with E-state index >= 15 is 0 Å². The van der Waals surface area contributed by atoms with Gasteiger partial charge in [0, 0.05) is 26.1 Å². The van der Waals surface area contributed by atoms with Crippen LogP contribution < -0.4 is 5.32 Å². The summed E-state index contributed by atoms with van der Waals surface area (Å²) in [6, 6.07) is 4.16. The van der Waals surface area contributed by atoms with Crippen molar-refractivity contribution in [3.63, 3.8) is 0 Å². The van der Waals surface area contributed by atoms with Gasteiger partial charge in [0.1, 0.15) is 11.5 Å². The van der Waals surface area contributed by atoms with Crippen molar-refractivity contribution in [2.75, 3.05) is 19.6 Å². The fraction of sp³-hybridized carbons (Fsp3) is 0.615. The molecule has 0 saturated carbocycles. The van der Waals surface area contributed by atoms with Crippen LogP contribution in [-0.4, -0.2) is 30.4 Å². The summed E-state index contributed by atoms with van der Waals surface area (Å²) >= 11 is 0. The Morgan fingerprint density at radius 2 is 2.35 bits per heavy atom. The molecule has 1 atom stereocenters. The molecular formula is C13H20N2O2. The second-order valence-electron chi connectivity index (χ2n) is 4.61. The number of nitrogens with zero attached hydrogens (tertiary/aromatic N) is 1. The number of carbonyl (C=O) groups is 1. The minimum atomic E-state index is 0.196. The maximum atomic E-state index is 11.4. The Kier molecular flexibility index (Phi) is 3.84. The molecule has 1 aliphatic heterocycles. The van der Waals surface area contributed by atoms with Crippen molar-refractivity contribution in [1.82, 2.24) is 10.2 Å². The summed E-state index contributed by atoms with van der Waals surface area (Å²) in [5.41, 5.74) is 0. The van der Waals surface area contributed by atoms with Crippen LogP contribution in [0.3, 0.4) is 0 Å². The molecule has 2 rings (SSSR count). The molecule has 0 unspecified atom stereocenters. The van der Waals surface area contributed by atoms with Gasteiger partial charge in [0.25, 0.3) is 0 Å². The van der Waals surface area contributed by atoms with E-state index in [1.807, 2.05) is 24.0 Å². The predicted octanol–water partition coefficient (Wildman–Crippen LogP) is 1.86. The van der Waals surface area contributed by atoms with E-state index in [0.29, 0.717) is 6.42 Å². The third kappa shape index (κ3) is 3.09. The van der Waals surface area contributed by atoms with Crippen LogP contribution in [0.25, 0.3) is 0 Å². The number of likely N-dealkylation sites (tertiary alicyclic amines) is 1. The minimum Gasteiger partial charge on any atom is -0.465 e. The number of hydrogen-bond donors (Lipinski definition) is 1. The van der Waals surface area contributed by atoms with E-state index in [1.54, 1.807) is 0 Å². The molecule has 1 amide bonds. The number of furan rings is 1. The molecule has 1 fully saturated rings. The first kappa shape index (κ1) is 12.2. The second kappa shape index (κ2) is 5.36. The molecule has 0 bridgehead atoms. The lowest BCUT2D eigenvalue weighted by atomic mass is 10.2. The summed E-state index contributed by atoms with van der Waals surface area (Å²) < 4.78 is 5.55. The van der Waals surface area contributed by atoms with E-state index < -0.39 is 0 Å². The van der Waals surface area contributed by atoms with Gasteiger partial charge in [0.05, 0.1) is 6.04 Å². The van der Waals surface area contributed by atoms with Crippen LogP contribution in [0.4, 0.5) is 0 Å². The number of rotatable bonds is 5. The third-order valence-electron chi connectivity index (χ3n) is 3.19. The molecule has 0 spiro atoms. The quantitative estimate of drug-likeness (QED) is 0.848. The molecule has 0 radical (unpaired) electrons. The van der Waals surface area contributed by atoms with E-state index in [2.05, 4.69) is 12.2 Å². The molecular weight excluding hydrogens is 216 g/mol. The summed E-state index contributed by atoms with van der Waals surface area (Å²) in [5, 5.41) is 3.37. The number of amides is 1. The Morgan fingerprint density at radius 3 is 2.94 bits per heavy atom. The smallest absolute Gasteiger partial charge is 0.222 e. The number of aryl methyl sites for hydroxylation is 1. The fourth-order valence-electron chi connectivity index (χ4n) is 2.14.